The largest absolute Gasteiger partial charge is 0.320 e. The summed E-state index contributed by atoms with van der Waals surface area (Å²) in [6, 6.07) is 12.8. The van der Waals surface area contributed by atoms with Crippen LogP contribution in [0.1, 0.15) is 21.6 Å². The molecule has 0 aliphatic heterocycles. The number of rotatable bonds is 7. The number of nitro groups is 2. The van der Waals surface area contributed by atoms with Gasteiger partial charge in [0, 0.05) is 16.6 Å². The van der Waals surface area contributed by atoms with Gasteiger partial charge < -0.3 is 0 Å². The summed E-state index contributed by atoms with van der Waals surface area (Å²) in [5.41, 5.74) is 2.61. The van der Waals surface area contributed by atoms with Crippen LogP contribution < -0.4 is 5.43 Å². The number of aromatic nitrogens is 2. The summed E-state index contributed by atoms with van der Waals surface area (Å²) in [5, 5.41) is 29.7. The van der Waals surface area contributed by atoms with Crippen molar-refractivity contribution in [1.29, 1.82) is 0 Å². The van der Waals surface area contributed by atoms with Crippen LogP contribution >= 0.6 is 15.9 Å². The van der Waals surface area contributed by atoms with Crippen molar-refractivity contribution in [2.45, 2.75) is 6.54 Å². The standard InChI is InChI=1S/C18H13BrN6O5/c19-14-5-1-13(2-6-14)10-23-11-16(25(29)30)17(22-23)18(26)21-20-9-12-3-7-15(8-4-12)24(27)28/h1-9,11H,10H2,(H,21,26)/b20-9-. The van der Waals surface area contributed by atoms with Gasteiger partial charge in [0.2, 0.25) is 5.69 Å². The van der Waals surface area contributed by atoms with Crippen molar-refractivity contribution in [3.63, 3.8) is 0 Å². The zero-order valence-electron chi connectivity index (χ0n) is 15.1. The van der Waals surface area contributed by atoms with E-state index in [0.29, 0.717) is 5.56 Å². The average molecular weight is 473 g/mol. The molecule has 1 N–H and O–H groups in total. The van der Waals surface area contributed by atoms with Crippen LogP contribution in [-0.4, -0.2) is 31.7 Å². The molecule has 0 saturated heterocycles. The smallest absolute Gasteiger partial charge is 0.265 e. The number of hydrogen-bond donors (Lipinski definition) is 1. The van der Waals surface area contributed by atoms with Gasteiger partial charge in [-0.25, -0.2) is 5.43 Å². The van der Waals surface area contributed by atoms with Gasteiger partial charge in [0.25, 0.3) is 11.6 Å². The second-order valence-corrected chi connectivity index (χ2v) is 6.91. The van der Waals surface area contributed by atoms with Gasteiger partial charge in [0.1, 0.15) is 6.20 Å². The van der Waals surface area contributed by atoms with Crippen LogP contribution in [0.4, 0.5) is 11.4 Å². The van der Waals surface area contributed by atoms with Crippen LogP contribution in [-0.2, 0) is 6.54 Å². The molecule has 0 radical (unpaired) electrons. The lowest BCUT2D eigenvalue weighted by molar-refractivity contribution is -0.385. The Labute approximate surface area is 177 Å². The number of carbonyl (C=O) groups is 1. The lowest BCUT2D eigenvalue weighted by Gasteiger charge is -2.01. The number of nitrogens with zero attached hydrogens (tertiary/aromatic N) is 5. The molecule has 0 aliphatic rings. The van der Waals surface area contributed by atoms with Crippen molar-refractivity contribution in [2.75, 3.05) is 0 Å². The molecule has 0 unspecified atom stereocenters. The summed E-state index contributed by atoms with van der Waals surface area (Å²) in [7, 11) is 0. The van der Waals surface area contributed by atoms with E-state index in [1.165, 1.54) is 41.4 Å². The zero-order chi connectivity index (χ0) is 21.7. The molecule has 1 heterocycles. The summed E-state index contributed by atoms with van der Waals surface area (Å²) in [5.74, 6) is -0.852. The molecule has 3 aromatic rings. The van der Waals surface area contributed by atoms with E-state index in [9.17, 15) is 25.0 Å². The fourth-order valence-corrected chi connectivity index (χ4v) is 2.73. The van der Waals surface area contributed by atoms with E-state index in [4.69, 9.17) is 0 Å². The van der Waals surface area contributed by atoms with Crippen molar-refractivity contribution in [3.05, 3.63) is 96.2 Å². The number of halogens is 1. The minimum Gasteiger partial charge on any atom is -0.265 e. The van der Waals surface area contributed by atoms with Crippen LogP contribution in [0.5, 0.6) is 0 Å². The molecule has 1 amide bonds. The first kappa shape index (κ1) is 20.8. The third kappa shape index (κ3) is 5.11. The minimum atomic E-state index is -0.852. The second-order valence-electron chi connectivity index (χ2n) is 5.99. The van der Waals surface area contributed by atoms with E-state index in [1.807, 2.05) is 24.3 Å². The normalized spacial score (nSPS) is 10.8. The van der Waals surface area contributed by atoms with Crippen LogP contribution in [0, 0.1) is 20.2 Å². The zero-order valence-corrected chi connectivity index (χ0v) is 16.7. The van der Waals surface area contributed by atoms with E-state index in [-0.39, 0.29) is 17.9 Å². The topological polar surface area (TPSA) is 146 Å². The number of hydrogen-bond acceptors (Lipinski definition) is 7. The Morgan fingerprint density at radius 1 is 1.10 bits per heavy atom. The summed E-state index contributed by atoms with van der Waals surface area (Å²) in [6.07, 6.45) is 2.43. The molecule has 0 atom stereocenters. The maximum atomic E-state index is 12.3. The van der Waals surface area contributed by atoms with Gasteiger partial charge in [0.15, 0.2) is 0 Å². The Morgan fingerprint density at radius 3 is 2.37 bits per heavy atom. The first-order valence-electron chi connectivity index (χ1n) is 8.37. The molecular weight excluding hydrogens is 460 g/mol. The van der Waals surface area contributed by atoms with Crippen LogP contribution in [0.3, 0.4) is 0 Å². The maximum absolute atomic E-state index is 12.3. The number of nitrogens with one attached hydrogen (secondary N) is 1. The average Bonchev–Trinajstić information content (AvgIpc) is 3.14. The highest BCUT2D eigenvalue weighted by Gasteiger charge is 2.25. The predicted molar refractivity (Wildman–Crippen MR) is 110 cm³/mol. The summed E-state index contributed by atoms with van der Waals surface area (Å²) >= 11 is 3.33. The molecule has 0 bridgehead atoms. The van der Waals surface area contributed by atoms with Crippen LogP contribution in [0.2, 0.25) is 0 Å². The monoisotopic (exact) mass is 472 g/mol. The first-order chi connectivity index (χ1) is 14.3. The van der Waals surface area contributed by atoms with E-state index in [1.54, 1.807) is 0 Å². The molecule has 12 heteroatoms. The van der Waals surface area contributed by atoms with Crippen LogP contribution in [0.25, 0.3) is 0 Å². The van der Waals surface area contributed by atoms with Gasteiger partial charge in [0.05, 0.1) is 22.6 Å². The fourth-order valence-electron chi connectivity index (χ4n) is 2.46. The third-order valence-corrected chi connectivity index (χ3v) is 4.42. The van der Waals surface area contributed by atoms with Gasteiger partial charge in [-0.2, -0.15) is 10.2 Å². The first-order valence-corrected chi connectivity index (χ1v) is 9.17. The Kier molecular flexibility index (Phi) is 6.27. The number of nitro benzene ring substituents is 1. The molecule has 1 aromatic heterocycles. The second kappa shape index (κ2) is 9.05. The Bertz CT molecular complexity index is 1120. The molecule has 0 fully saturated rings. The van der Waals surface area contributed by atoms with Crippen molar-refractivity contribution >= 4 is 39.4 Å². The third-order valence-electron chi connectivity index (χ3n) is 3.90. The number of carbonyl (C=O) groups excluding carboxylic acids is 1. The molecule has 11 nitrogen and oxygen atoms in total. The lowest BCUT2D eigenvalue weighted by Crippen LogP contribution is -2.19. The number of benzene rings is 2. The summed E-state index contributed by atoms with van der Waals surface area (Å²) < 4.78 is 2.19. The Morgan fingerprint density at radius 2 is 1.77 bits per heavy atom. The molecule has 0 saturated carbocycles. The van der Waals surface area contributed by atoms with Crippen molar-refractivity contribution < 1.29 is 14.6 Å². The Hall–Kier alpha value is -3.93. The van der Waals surface area contributed by atoms with Crippen molar-refractivity contribution in [1.82, 2.24) is 15.2 Å². The van der Waals surface area contributed by atoms with Gasteiger partial charge in [-0.05, 0) is 35.4 Å². The number of hydrazone groups is 1. The number of amides is 1. The minimum absolute atomic E-state index is 0.0804. The fraction of sp³-hybridized carbons (Fsp3) is 0.0556. The van der Waals surface area contributed by atoms with Gasteiger partial charge in [-0.3, -0.25) is 29.7 Å². The molecule has 3 rings (SSSR count). The maximum Gasteiger partial charge on any atom is 0.320 e. The SMILES string of the molecule is O=C(N/N=C\c1ccc([N+](=O)[O-])cc1)c1nn(Cc2ccc(Br)cc2)cc1[N+](=O)[O-]. The van der Waals surface area contributed by atoms with E-state index in [2.05, 4.69) is 31.6 Å². The summed E-state index contributed by atoms with van der Waals surface area (Å²) in [4.78, 5) is 33.0. The van der Waals surface area contributed by atoms with E-state index >= 15 is 0 Å². The molecular formula is C18H13BrN6O5. The number of non-ortho nitro benzene ring substituents is 1. The molecule has 0 aliphatic carbocycles. The summed E-state index contributed by atoms with van der Waals surface area (Å²) in [6.45, 7) is 0.244. The van der Waals surface area contributed by atoms with Gasteiger partial charge >= 0.3 is 5.69 Å². The lowest BCUT2D eigenvalue weighted by atomic mass is 10.2. The van der Waals surface area contributed by atoms with Gasteiger partial charge in [-0.1, -0.05) is 28.1 Å². The van der Waals surface area contributed by atoms with E-state index < -0.39 is 21.4 Å². The van der Waals surface area contributed by atoms with Gasteiger partial charge in [-0.15, -0.1) is 0 Å². The van der Waals surface area contributed by atoms with E-state index in [0.717, 1.165) is 10.0 Å². The highest BCUT2D eigenvalue weighted by atomic mass is 79.9. The predicted octanol–water partition coefficient (Wildman–Crippen LogP) is 3.27. The Balaban J connectivity index is 1.72. The van der Waals surface area contributed by atoms with Crippen molar-refractivity contribution in [3.8, 4) is 0 Å². The quantitative estimate of drug-likeness (QED) is 0.317. The van der Waals surface area contributed by atoms with Crippen LogP contribution in [0.15, 0.2) is 64.3 Å². The molecule has 2 aromatic carbocycles. The molecule has 152 valence electrons. The molecule has 0 spiro atoms. The van der Waals surface area contributed by atoms with Crippen molar-refractivity contribution in [2.24, 2.45) is 5.10 Å². The highest BCUT2D eigenvalue weighted by Crippen LogP contribution is 2.18. The highest BCUT2D eigenvalue weighted by molar-refractivity contribution is 9.10. The molecule has 30 heavy (non-hydrogen) atoms.